The highest BCUT2D eigenvalue weighted by atomic mass is 15.0. The van der Waals surface area contributed by atoms with E-state index in [0.717, 1.165) is 38.9 Å². The lowest BCUT2D eigenvalue weighted by molar-refractivity contribution is 0.794. The van der Waals surface area contributed by atoms with Gasteiger partial charge in [0.05, 0.1) is 12.0 Å². The largest absolute Gasteiger partial charge is 0.238 e. The molecule has 51 heavy (non-hydrogen) atoms. The number of hydrogen-bond donors (Lipinski definition) is 0. The summed E-state index contributed by atoms with van der Waals surface area (Å²) in [5.74, 6) is 1.85. The van der Waals surface area contributed by atoms with Crippen LogP contribution in [0.15, 0.2) is 170 Å². The summed E-state index contributed by atoms with van der Waals surface area (Å²) in [6.45, 7) is 7.97. The van der Waals surface area contributed by atoms with Gasteiger partial charge in [-0.2, -0.15) is 0 Å². The highest BCUT2D eigenvalue weighted by molar-refractivity contribution is 6.02. The summed E-state index contributed by atoms with van der Waals surface area (Å²) in [4.78, 5) is 19.1. The predicted octanol–water partition coefficient (Wildman–Crippen LogP) is 11.4. The molecule has 236 valence electrons. The normalized spacial score (nSPS) is 12.8. The van der Waals surface area contributed by atoms with Crippen molar-refractivity contribution in [3.05, 3.63) is 204 Å². The van der Waals surface area contributed by atoms with Gasteiger partial charge >= 0.3 is 0 Å². The lowest BCUT2D eigenvalue weighted by atomic mass is 9.70. The minimum Gasteiger partial charge on any atom is -0.238 e. The number of fused-ring (bicyclic) bond motifs is 10. The Labute approximate surface area is 296 Å². The van der Waals surface area contributed by atoms with Crippen molar-refractivity contribution in [2.45, 2.75) is 5.41 Å². The van der Waals surface area contributed by atoms with Gasteiger partial charge in [-0.25, -0.2) is 19.8 Å². The van der Waals surface area contributed by atoms with Crippen LogP contribution in [0.25, 0.3) is 72.4 Å². The molecule has 0 atom stereocenters. The Hall–Kier alpha value is -6.96. The summed E-state index contributed by atoms with van der Waals surface area (Å²) in [5, 5.41) is 0. The molecular weight excluding hydrogens is 621 g/mol. The number of rotatable bonds is 4. The van der Waals surface area contributed by atoms with Crippen LogP contribution in [0.3, 0.4) is 0 Å². The Kier molecular flexibility index (Phi) is 6.43. The first-order valence-corrected chi connectivity index (χ1v) is 17.1. The smallest absolute Gasteiger partial charge is 0.187 e. The zero-order valence-corrected chi connectivity index (χ0v) is 27.5. The van der Waals surface area contributed by atoms with Crippen LogP contribution < -0.4 is 0 Å². The average molecular weight is 649 g/mol. The molecule has 1 aromatic heterocycles. The zero-order valence-electron chi connectivity index (χ0n) is 27.5. The molecule has 0 saturated heterocycles. The Morgan fingerprint density at radius 2 is 0.843 bits per heavy atom. The van der Waals surface area contributed by atoms with E-state index in [1.165, 1.54) is 33.4 Å². The van der Waals surface area contributed by atoms with Gasteiger partial charge in [-0.1, -0.05) is 164 Å². The van der Waals surface area contributed by atoms with Gasteiger partial charge in [0.25, 0.3) is 0 Å². The van der Waals surface area contributed by atoms with Gasteiger partial charge in [-0.15, -0.1) is 0 Å². The van der Waals surface area contributed by atoms with Gasteiger partial charge in [-0.05, 0) is 61.7 Å². The molecule has 10 rings (SSSR count). The first-order valence-electron chi connectivity index (χ1n) is 17.1. The lowest BCUT2D eigenvalue weighted by Crippen LogP contribution is -2.25. The summed E-state index contributed by atoms with van der Waals surface area (Å²) >= 11 is 0. The number of nitrogens with zero attached hydrogens (tertiary/aromatic N) is 4. The third kappa shape index (κ3) is 4.22. The fourth-order valence-corrected chi connectivity index (χ4v) is 8.32. The maximum absolute atomic E-state index is 7.97. The molecule has 0 amide bonds. The van der Waals surface area contributed by atoms with E-state index in [4.69, 9.17) is 21.5 Å². The van der Waals surface area contributed by atoms with Crippen molar-refractivity contribution in [3.63, 3.8) is 0 Å². The summed E-state index contributed by atoms with van der Waals surface area (Å²) < 4.78 is 0. The van der Waals surface area contributed by atoms with E-state index in [-0.39, 0.29) is 0 Å². The van der Waals surface area contributed by atoms with E-state index in [1.807, 2.05) is 72.8 Å². The molecule has 0 N–H and O–H groups in total. The maximum atomic E-state index is 7.97. The predicted molar refractivity (Wildman–Crippen MR) is 204 cm³/mol. The molecule has 4 heteroatoms. The molecule has 7 aromatic carbocycles. The minimum atomic E-state index is -0.516. The Bertz CT molecular complexity index is 2600. The highest BCUT2D eigenvalue weighted by Gasteiger charge is 2.52. The molecule has 1 heterocycles. The second-order valence-electron chi connectivity index (χ2n) is 13.0. The monoisotopic (exact) mass is 648 g/mol. The lowest BCUT2D eigenvalue weighted by Gasteiger charge is -2.30. The Balaban J connectivity index is 1.26. The quantitative estimate of drug-likeness (QED) is 0.178. The fourth-order valence-electron chi connectivity index (χ4n) is 8.32. The Morgan fingerprint density at radius 1 is 0.373 bits per heavy atom. The molecule has 0 radical (unpaired) electrons. The number of benzene rings is 7. The molecule has 8 aromatic rings. The van der Waals surface area contributed by atoms with E-state index in [0.29, 0.717) is 23.2 Å². The molecule has 0 bridgehead atoms. The maximum Gasteiger partial charge on any atom is 0.187 e. The molecule has 2 aliphatic carbocycles. The van der Waals surface area contributed by atoms with Crippen molar-refractivity contribution in [3.8, 4) is 67.5 Å². The second kappa shape index (κ2) is 11.3. The van der Waals surface area contributed by atoms with E-state index >= 15 is 0 Å². The summed E-state index contributed by atoms with van der Waals surface area (Å²) in [7, 11) is 0. The second-order valence-corrected chi connectivity index (χ2v) is 13.0. The van der Waals surface area contributed by atoms with Gasteiger partial charge in [0.1, 0.15) is 0 Å². The molecule has 0 unspecified atom stereocenters. The molecule has 0 aliphatic heterocycles. The van der Waals surface area contributed by atoms with Crippen LogP contribution >= 0.6 is 0 Å². The van der Waals surface area contributed by atoms with Crippen molar-refractivity contribution < 1.29 is 0 Å². The number of hydrogen-bond acceptors (Lipinski definition) is 3. The summed E-state index contributed by atoms with van der Waals surface area (Å²) in [5.41, 5.74) is 14.6. The van der Waals surface area contributed by atoms with E-state index in [9.17, 15) is 0 Å². The summed E-state index contributed by atoms with van der Waals surface area (Å²) in [6, 6.07) is 59.0. The van der Waals surface area contributed by atoms with Crippen LogP contribution in [0.2, 0.25) is 0 Å². The van der Waals surface area contributed by atoms with Crippen molar-refractivity contribution in [2.75, 3.05) is 0 Å². The van der Waals surface area contributed by atoms with Gasteiger partial charge in [-0.3, -0.25) is 0 Å². The molecular formula is C47H28N4. The van der Waals surface area contributed by atoms with Crippen molar-refractivity contribution in [1.29, 1.82) is 0 Å². The van der Waals surface area contributed by atoms with Crippen molar-refractivity contribution in [2.24, 2.45) is 0 Å². The first-order chi connectivity index (χ1) is 25.3. The third-order valence-corrected chi connectivity index (χ3v) is 10.4. The average Bonchev–Trinajstić information content (AvgIpc) is 3.68. The highest BCUT2D eigenvalue weighted by Crippen LogP contribution is 2.64. The fraction of sp³-hybridized carbons (Fsp3) is 0.0213. The van der Waals surface area contributed by atoms with Crippen LogP contribution in [0.5, 0.6) is 0 Å². The van der Waals surface area contributed by atoms with E-state index in [2.05, 4.69) is 102 Å². The van der Waals surface area contributed by atoms with Crippen LogP contribution in [0.1, 0.15) is 22.3 Å². The van der Waals surface area contributed by atoms with Gasteiger partial charge in [0.2, 0.25) is 0 Å². The van der Waals surface area contributed by atoms with Crippen molar-refractivity contribution in [1.82, 2.24) is 15.0 Å². The van der Waals surface area contributed by atoms with E-state index < -0.39 is 5.41 Å². The van der Waals surface area contributed by atoms with Crippen LogP contribution in [0.4, 0.5) is 5.69 Å². The minimum absolute atomic E-state index is 0.516. The molecule has 2 aliphatic rings. The SMILES string of the molecule is [C-]#[N+]c1ccc2c(c1)-c1c(-c3ccccc3-c3nc(-c4ccccc4)nc(-c4ccccc4)n3)cccc1C21c2ccccc2-c2ccccc21. The zero-order chi connectivity index (χ0) is 33.9. The van der Waals surface area contributed by atoms with Gasteiger partial charge < -0.3 is 0 Å². The Morgan fingerprint density at radius 3 is 1.45 bits per heavy atom. The molecule has 1 spiro atoms. The van der Waals surface area contributed by atoms with Gasteiger partial charge in [0.15, 0.2) is 23.2 Å². The third-order valence-electron chi connectivity index (χ3n) is 10.4. The molecule has 4 nitrogen and oxygen atoms in total. The molecule has 0 saturated carbocycles. The van der Waals surface area contributed by atoms with E-state index in [1.54, 1.807) is 0 Å². The first kappa shape index (κ1) is 29.0. The van der Waals surface area contributed by atoms with Crippen LogP contribution in [0, 0.1) is 6.57 Å². The summed E-state index contributed by atoms with van der Waals surface area (Å²) in [6.07, 6.45) is 0. The van der Waals surface area contributed by atoms with Gasteiger partial charge in [0, 0.05) is 16.7 Å². The van der Waals surface area contributed by atoms with Crippen LogP contribution in [-0.4, -0.2) is 15.0 Å². The number of aromatic nitrogens is 3. The standard InChI is InChI=1S/C47H28N4/c1-48-32-27-28-41-38(29-32)43-36(23-14-26-42(43)47(41)39-24-12-10-20-34(39)35-21-11-13-25-40(35)47)33-19-8-9-22-37(33)46-50-44(30-15-4-2-5-16-30)49-45(51-46)31-17-6-3-7-18-31/h2-29H. The van der Waals surface area contributed by atoms with Crippen LogP contribution in [-0.2, 0) is 5.41 Å². The van der Waals surface area contributed by atoms with Crippen molar-refractivity contribution >= 4 is 5.69 Å². The molecule has 0 fully saturated rings. The topological polar surface area (TPSA) is 43.0 Å².